The minimum absolute atomic E-state index is 0.141. The molecule has 2 saturated heterocycles. The Morgan fingerprint density at radius 2 is 1.05 bits per heavy atom. The largest absolute Gasteiger partial charge is 0.456 e. The molecular formula is C48H68F2N6O7Si2. The van der Waals surface area contributed by atoms with Crippen LogP contribution in [0.25, 0.3) is 44.7 Å². The summed E-state index contributed by atoms with van der Waals surface area (Å²) in [4.78, 5) is 40.3. The van der Waals surface area contributed by atoms with Crippen molar-refractivity contribution in [2.45, 2.75) is 155 Å². The molecule has 354 valence electrons. The Kier molecular flexibility index (Phi) is 13.8. The molecule has 1 unspecified atom stereocenters. The summed E-state index contributed by atoms with van der Waals surface area (Å²) >= 11 is 0. The Labute approximate surface area is 383 Å². The highest BCUT2D eigenvalue weighted by Crippen LogP contribution is 2.40. The van der Waals surface area contributed by atoms with E-state index in [9.17, 15) is 9.59 Å². The van der Waals surface area contributed by atoms with Crippen LogP contribution in [0.4, 0.5) is 18.4 Å². The number of carbonyl (C=O) groups is 2. The van der Waals surface area contributed by atoms with E-state index in [1.807, 2.05) is 50.7 Å². The third-order valence-electron chi connectivity index (χ3n) is 11.7. The summed E-state index contributed by atoms with van der Waals surface area (Å²) in [6, 6.07) is 10.5. The third kappa shape index (κ3) is 11.5. The monoisotopic (exact) mass is 934 g/mol. The van der Waals surface area contributed by atoms with Crippen LogP contribution in [0, 0.1) is 11.6 Å². The van der Waals surface area contributed by atoms with Crippen LogP contribution in [0.1, 0.15) is 91.0 Å². The number of fused-ring (bicyclic) bond motifs is 2. The quantitative estimate of drug-likeness (QED) is 0.0790. The van der Waals surface area contributed by atoms with E-state index in [1.54, 1.807) is 34.1 Å². The summed E-state index contributed by atoms with van der Waals surface area (Å²) in [5, 5.41) is 0. The second-order valence-corrected chi connectivity index (χ2v) is 33.2. The lowest BCUT2D eigenvalue weighted by Crippen LogP contribution is -2.37. The van der Waals surface area contributed by atoms with Crippen molar-refractivity contribution in [2.75, 3.05) is 26.3 Å². The number of rotatable bonds is 14. The summed E-state index contributed by atoms with van der Waals surface area (Å²) in [7, 11) is -2.77. The Bertz CT molecular complexity index is 2360. The van der Waals surface area contributed by atoms with E-state index >= 15 is 8.78 Å². The van der Waals surface area contributed by atoms with Crippen LogP contribution in [0.5, 0.6) is 0 Å². The van der Waals surface area contributed by atoms with Crippen LogP contribution in [-0.4, -0.2) is 94.7 Å². The molecule has 2 aromatic carbocycles. The molecule has 2 amide bonds. The number of furan rings is 1. The van der Waals surface area contributed by atoms with Gasteiger partial charge in [-0.2, -0.15) is 0 Å². The first kappa shape index (κ1) is 48.3. The number of amides is 2. The Morgan fingerprint density at radius 3 is 1.40 bits per heavy atom. The van der Waals surface area contributed by atoms with E-state index in [1.165, 1.54) is 12.1 Å². The minimum atomic E-state index is -1.39. The molecule has 3 aromatic heterocycles. The van der Waals surface area contributed by atoms with Crippen LogP contribution in [-0.2, 0) is 32.4 Å². The van der Waals surface area contributed by atoms with E-state index in [4.69, 9.17) is 33.3 Å². The van der Waals surface area contributed by atoms with Gasteiger partial charge >= 0.3 is 12.2 Å². The van der Waals surface area contributed by atoms with Crippen molar-refractivity contribution < 1.29 is 41.7 Å². The first-order valence-corrected chi connectivity index (χ1v) is 30.4. The highest BCUT2D eigenvalue weighted by Gasteiger charge is 2.38. The van der Waals surface area contributed by atoms with Crippen molar-refractivity contribution in [3.05, 3.63) is 59.7 Å². The Hall–Kier alpha value is -4.59. The summed E-state index contributed by atoms with van der Waals surface area (Å²) < 4.78 is 66.8. The van der Waals surface area contributed by atoms with Gasteiger partial charge in [-0.1, -0.05) is 39.3 Å². The van der Waals surface area contributed by atoms with Crippen LogP contribution < -0.4 is 0 Å². The molecule has 5 heterocycles. The predicted octanol–water partition coefficient (Wildman–Crippen LogP) is 12.4. The number of halogens is 2. The standard InChI is InChI=1S/C48H68F2N6O7Si2/c1-47(2,3)62-45(57)53-19-13-15-37(53)43-51-35-25-31(33(49)27-39(35)55(43)29-59-21-23-64(7,8)9)41-17-18-42(61-41)32-26-36-40(28-34(32)50)56(30-60-22-24-65(10,11)12)44(52-36)38-16-14-20-54(38)46(58)63-48(4,5)6/h17-18,25-28,37-38H,13-16,19-24,29-30H2,1-12H3/t37-,38?/m0/s1. The maximum absolute atomic E-state index is 16.4. The van der Waals surface area contributed by atoms with Gasteiger partial charge in [-0.15, -0.1) is 0 Å². The topological polar surface area (TPSA) is 126 Å². The van der Waals surface area contributed by atoms with E-state index < -0.39 is 63.3 Å². The van der Waals surface area contributed by atoms with E-state index in [0.29, 0.717) is 72.9 Å². The van der Waals surface area contributed by atoms with Crippen LogP contribution in [0.2, 0.25) is 51.4 Å². The first-order chi connectivity index (χ1) is 30.4. The van der Waals surface area contributed by atoms with E-state index in [0.717, 1.165) is 24.9 Å². The highest BCUT2D eigenvalue weighted by molar-refractivity contribution is 6.76. The second kappa shape index (κ2) is 18.6. The molecule has 2 atom stereocenters. The lowest BCUT2D eigenvalue weighted by Gasteiger charge is -2.28. The van der Waals surface area contributed by atoms with Gasteiger partial charge < -0.3 is 32.5 Å². The van der Waals surface area contributed by atoms with Gasteiger partial charge in [0.25, 0.3) is 0 Å². The molecule has 0 aliphatic carbocycles. The predicted molar refractivity (Wildman–Crippen MR) is 254 cm³/mol. The van der Waals surface area contributed by atoms with Crippen molar-refractivity contribution in [1.29, 1.82) is 0 Å². The van der Waals surface area contributed by atoms with Crippen LogP contribution >= 0.6 is 0 Å². The van der Waals surface area contributed by atoms with Gasteiger partial charge in [0.05, 0.1) is 45.3 Å². The number of carbonyl (C=O) groups excluding carboxylic acids is 2. The zero-order chi connectivity index (χ0) is 47.2. The summed E-state index contributed by atoms with van der Waals surface area (Å²) in [6.45, 7) is 27.1. The number of imidazole rings is 2. The van der Waals surface area contributed by atoms with Gasteiger partial charge in [-0.05, 0) is 104 Å². The lowest BCUT2D eigenvalue weighted by molar-refractivity contribution is 0.0196. The van der Waals surface area contributed by atoms with Crippen molar-refractivity contribution in [3.8, 4) is 22.6 Å². The van der Waals surface area contributed by atoms with Gasteiger partial charge in [0.15, 0.2) is 0 Å². The number of benzene rings is 2. The first-order valence-electron chi connectivity index (χ1n) is 23.0. The van der Waals surface area contributed by atoms with Crippen LogP contribution in [0.15, 0.2) is 40.8 Å². The zero-order valence-electron chi connectivity index (χ0n) is 40.4. The Morgan fingerprint density at radius 1 is 0.662 bits per heavy atom. The highest BCUT2D eigenvalue weighted by atomic mass is 28.3. The average molecular weight is 935 g/mol. The molecule has 17 heteroatoms. The zero-order valence-corrected chi connectivity index (χ0v) is 42.4. The summed E-state index contributed by atoms with van der Waals surface area (Å²) in [5.41, 5.74) is 1.02. The molecule has 13 nitrogen and oxygen atoms in total. The normalized spacial score (nSPS) is 17.6. The fraction of sp³-hybridized carbons (Fsp3) is 0.583. The molecule has 5 aromatic rings. The third-order valence-corrected chi connectivity index (χ3v) is 15.1. The van der Waals surface area contributed by atoms with Gasteiger partial charge in [0, 0.05) is 54.6 Å². The number of hydrogen-bond acceptors (Lipinski definition) is 9. The lowest BCUT2D eigenvalue weighted by atomic mass is 10.1. The summed E-state index contributed by atoms with van der Waals surface area (Å²) in [6.07, 6.45) is 2.01. The molecule has 0 saturated carbocycles. The number of likely N-dealkylation sites (tertiary alicyclic amines) is 2. The molecule has 0 spiro atoms. The van der Waals surface area contributed by atoms with Gasteiger partial charge in [0.2, 0.25) is 0 Å². The van der Waals surface area contributed by atoms with Crippen molar-refractivity contribution in [2.24, 2.45) is 0 Å². The maximum Gasteiger partial charge on any atom is 0.410 e. The number of aromatic nitrogens is 4. The number of ether oxygens (including phenoxy) is 4. The fourth-order valence-electron chi connectivity index (χ4n) is 8.33. The molecule has 2 fully saturated rings. The summed E-state index contributed by atoms with van der Waals surface area (Å²) in [5.74, 6) is 0.467. The smallest absolute Gasteiger partial charge is 0.410 e. The van der Waals surface area contributed by atoms with Crippen molar-refractivity contribution >= 4 is 50.4 Å². The molecule has 0 bridgehead atoms. The number of hydrogen-bond donors (Lipinski definition) is 0. The molecular weight excluding hydrogens is 867 g/mol. The molecule has 2 aliphatic heterocycles. The van der Waals surface area contributed by atoms with E-state index in [-0.39, 0.29) is 36.1 Å². The van der Waals surface area contributed by atoms with Crippen molar-refractivity contribution in [3.63, 3.8) is 0 Å². The van der Waals surface area contributed by atoms with Gasteiger partial charge in [-0.3, -0.25) is 9.80 Å². The average Bonchev–Trinajstić information content (AvgIpc) is 4.02. The van der Waals surface area contributed by atoms with Crippen molar-refractivity contribution in [1.82, 2.24) is 28.9 Å². The Balaban J connectivity index is 1.23. The maximum atomic E-state index is 16.4. The molecule has 65 heavy (non-hydrogen) atoms. The van der Waals surface area contributed by atoms with Gasteiger partial charge in [0.1, 0.15) is 59.5 Å². The molecule has 0 radical (unpaired) electrons. The molecule has 7 rings (SSSR count). The minimum Gasteiger partial charge on any atom is -0.456 e. The number of nitrogens with zero attached hydrogens (tertiary/aromatic N) is 6. The van der Waals surface area contributed by atoms with E-state index in [2.05, 4.69) is 39.3 Å². The molecule has 2 aliphatic rings. The van der Waals surface area contributed by atoms with Gasteiger partial charge in [-0.25, -0.2) is 28.3 Å². The second-order valence-electron chi connectivity index (χ2n) is 22.0. The fourth-order valence-corrected chi connectivity index (χ4v) is 9.84. The SMILES string of the molecule is CC(C)(C)OC(=O)N1CCCC1c1nc2cc(-c3ccc(-c4cc5nc([C@@H]6CCCN6C(=O)OC(C)(C)C)n(COCC[Si](C)(C)C)c5cc4F)o3)c(F)cc2n1COCC[Si](C)(C)C. The molecule has 0 N–H and O–H groups in total. The van der Waals surface area contributed by atoms with Crippen LogP contribution in [0.3, 0.4) is 0 Å².